The molecule has 2 N–H and O–H groups in total. The number of carbonyl (C=O) groups is 4. The maximum Gasteiger partial charge on any atom is 0.407 e. The second-order valence-electron chi connectivity index (χ2n) is 8.06. The lowest BCUT2D eigenvalue weighted by Crippen LogP contribution is -2.35. The number of imide groups is 1. The second kappa shape index (κ2) is 12.2. The number of amides is 4. The zero-order valence-corrected chi connectivity index (χ0v) is 18.8. The van der Waals surface area contributed by atoms with Crippen molar-refractivity contribution in [1.82, 2.24) is 15.5 Å². The van der Waals surface area contributed by atoms with Crippen LogP contribution < -0.4 is 10.6 Å². The van der Waals surface area contributed by atoms with Gasteiger partial charge in [-0.1, -0.05) is 12.1 Å². The molecule has 0 aliphatic carbocycles. The van der Waals surface area contributed by atoms with Crippen molar-refractivity contribution < 1.29 is 33.4 Å². The summed E-state index contributed by atoms with van der Waals surface area (Å²) < 4.78 is 15.8. The predicted octanol–water partition coefficient (Wildman–Crippen LogP) is 1.35. The zero-order valence-electron chi connectivity index (χ0n) is 18.8. The van der Waals surface area contributed by atoms with E-state index in [2.05, 4.69) is 10.6 Å². The SMILES string of the molecule is CC(C)(C)OC(=O)NCCOCCOCCNC(=O)CCN1C(=O)c2ccccc2C1=O. The van der Waals surface area contributed by atoms with Gasteiger partial charge in [-0.2, -0.15) is 0 Å². The Kier molecular flexibility index (Phi) is 9.61. The molecule has 0 saturated carbocycles. The molecule has 1 aromatic carbocycles. The van der Waals surface area contributed by atoms with Crippen LogP contribution in [-0.2, 0) is 19.0 Å². The number of rotatable bonds is 12. The molecule has 10 heteroatoms. The Morgan fingerprint density at radius 1 is 0.875 bits per heavy atom. The van der Waals surface area contributed by atoms with Crippen LogP contribution >= 0.6 is 0 Å². The quantitative estimate of drug-likeness (QED) is 0.365. The van der Waals surface area contributed by atoms with Crippen LogP contribution in [0.3, 0.4) is 0 Å². The van der Waals surface area contributed by atoms with Crippen LogP contribution in [0.5, 0.6) is 0 Å². The first kappa shape index (κ1) is 25.3. The third kappa shape index (κ3) is 8.27. The molecule has 0 atom stereocenters. The van der Waals surface area contributed by atoms with Gasteiger partial charge in [0.2, 0.25) is 5.91 Å². The van der Waals surface area contributed by atoms with Crippen molar-refractivity contribution >= 4 is 23.8 Å². The fourth-order valence-electron chi connectivity index (χ4n) is 2.87. The van der Waals surface area contributed by atoms with E-state index in [0.29, 0.717) is 50.6 Å². The molecular formula is C22H31N3O7. The van der Waals surface area contributed by atoms with Gasteiger partial charge in [0.05, 0.1) is 37.6 Å². The van der Waals surface area contributed by atoms with Crippen molar-refractivity contribution in [2.45, 2.75) is 32.8 Å². The standard InChI is InChI=1S/C22H31N3O7/c1-22(2,3)32-21(29)24-10-13-31-15-14-30-12-9-23-18(26)8-11-25-19(27)16-6-4-5-7-17(16)20(25)28/h4-7H,8-15H2,1-3H3,(H,23,26)(H,24,29). The summed E-state index contributed by atoms with van der Waals surface area (Å²) in [5, 5.41) is 5.27. The average molecular weight is 450 g/mol. The molecule has 1 heterocycles. The van der Waals surface area contributed by atoms with Gasteiger partial charge in [0.1, 0.15) is 5.60 Å². The maximum absolute atomic E-state index is 12.2. The summed E-state index contributed by atoms with van der Waals surface area (Å²) in [5.41, 5.74) is 0.201. The minimum atomic E-state index is -0.539. The first-order valence-corrected chi connectivity index (χ1v) is 10.5. The predicted molar refractivity (Wildman–Crippen MR) is 115 cm³/mol. The highest BCUT2D eigenvalue weighted by molar-refractivity contribution is 6.21. The number of carbonyl (C=O) groups excluding carboxylic acids is 4. The summed E-state index contributed by atoms with van der Waals surface area (Å²) in [6.45, 7) is 7.37. The van der Waals surface area contributed by atoms with E-state index in [1.165, 1.54) is 0 Å². The van der Waals surface area contributed by atoms with E-state index >= 15 is 0 Å². The van der Waals surface area contributed by atoms with Gasteiger partial charge in [-0.3, -0.25) is 19.3 Å². The average Bonchev–Trinajstić information content (AvgIpc) is 2.97. The Hall–Kier alpha value is -2.98. The van der Waals surface area contributed by atoms with Crippen LogP contribution in [0.4, 0.5) is 4.79 Å². The van der Waals surface area contributed by atoms with E-state index < -0.39 is 11.7 Å². The molecule has 32 heavy (non-hydrogen) atoms. The van der Waals surface area contributed by atoms with Crippen molar-refractivity contribution in [3.63, 3.8) is 0 Å². The smallest absolute Gasteiger partial charge is 0.407 e. The Labute approximate surface area is 187 Å². The van der Waals surface area contributed by atoms with E-state index in [-0.39, 0.29) is 30.7 Å². The van der Waals surface area contributed by atoms with Gasteiger partial charge in [-0.05, 0) is 32.9 Å². The van der Waals surface area contributed by atoms with E-state index in [1.807, 2.05) is 0 Å². The number of nitrogens with zero attached hydrogens (tertiary/aromatic N) is 1. The molecule has 0 saturated heterocycles. The lowest BCUT2D eigenvalue weighted by Gasteiger charge is -2.19. The molecular weight excluding hydrogens is 418 g/mol. The highest BCUT2D eigenvalue weighted by atomic mass is 16.6. The lowest BCUT2D eigenvalue weighted by molar-refractivity contribution is -0.121. The van der Waals surface area contributed by atoms with Gasteiger partial charge < -0.3 is 24.8 Å². The molecule has 1 aliphatic heterocycles. The van der Waals surface area contributed by atoms with Gasteiger partial charge in [-0.25, -0.2) is 4.79 Å². The number of nitrogens with one attached hydrogen (secondary N) is 2. The van der Waals surface area contributed by atoms with E-state index in [1.54, 1.807) is 45.0 Å². The Balaban J connectivity index is 1.46. The van der Waals surface area contributed by atoms with E-state index in [0.717, 1.165) is 4.90 Å². The molecule has 0 fully saturated rings. The van der Waals surface area contributed by atoms with Crippen LogP contribution in [0.1, 0.15) is 47.9 Å². The summed E-state index contributed by atoms with van der Waals surface area (Å²) in [4.78, 5) is 49.0. The number of ether oxygens (including phenoxy) is 3. The Morgan fingerprint density at radius 2 is 1.41 bits per heavy atom. The Morgan fingerprint density at radius 3 is 1.94 bits per heavy atom. The van der Waals surface area contributed by atoms with Crippen molar-refractivity contribution in [3.05, 3.63) is 35.4 Å². The van der Waals surface area contributed by atoms with Gasteiger partial charge in [0.25, 0.3) is 11.8 Å². The van der Waals surface area contributed by atoms with Gasteiger partial charge in [0.15, 0.2) is 0 Å². The molecule has 10 nitrogen and oxygen atoms in total. The molecule has 4 amide bonds. The second-order valence-corrected chi connectivity index (χ2v) is 8.06. The van der Waals surface area contributed by atoms with Crippen LogP contribution in [0.25, 0.3) is 0 Å². The number of benzene rings is 1. The van der Waals surface area contributed by atoms with Gasteiger partial charge in [0, 0.05) is 26.1 Å². The van der Waals surface area contributed by atoms with Crippen LogP contribution in [0.15, 0.2) is 24.3 Å². The highest BCUT2D eigenvalue weighted by Crippen LogP contribution is 2.22. The zero-order chi connectivity index (χ0) is 23.6. The molecule has 1 aliphatic rings. The Bertz CT molecular complexity index is 785. The normalized spacial score (nSPS) is 13.2. The summed E-state index contributed by atoms with van der Waals surface area (Å²) in [6, 6.07) is 6.61. The monoisotopic (exact) mass is 449 g/mol. The summed E-state index contributed by atoms with van der Waals surface area (Å²) in [7, 11) is 0. The third-order valence-electron chi connectivity index (χ3n) is 4.30. The van der Waals surface area contributed by atoms with E-state index in [9.17, 15) is 19.2 Å². The summed E-state index contributed by atoms with van der Waals surface area (Å²) >= 11 is 0. The van der Waals surface area contributed by atoms with Gasteiger partial charge in [-0.15, -0.1) is 0 Å². The fourth-order valence-corrected chi connectivity index (χ4v) is 2.87. The largest absolute Gasteiger partial charge is 0.444 e. The summed E-state index contributed by atoms with van der Waals surface area (Å²) in [5.74, 6) is -1.01. The van der Waals surface area contributed by atoms with Crippen molar-refractivity contribution in [2.24, 2.45) is 0 Å². The van der Waals surface area contributed by atoms with Crippen molar-refractivity contribution in [3.8, 4) is 0 Å². The number of hydrogen-bond acceptors (Lipinski definition) is 7. The van der Waals surface area contributed by atoms with Gasteiger partial charge >= 0.3 is 6.09 Å². The van der Waals surface area contributed by atoms with Crippen LogP contribution in [0.2, 0.25) is 0 Å². The first-order chi connectivity index (χ1) is 15.2. The summed E-state index contributed by atoms with van der Waals surface area (Å²) in [6.07, 6.45) is -0.463. The molecule has 176 valence electrons. The highest BCUT2D eigenvalue weighted by Gasteiger charge is 2.34. The molecule has 1 aromatic rings. The van der Waals surface area contributed by atoms with Crippen LogP contribution in [0, 0.1) is 0 Å². The number of alkyl carbamates (subject to hydrolysis) is 1. The molecule has 2 rings (SSSR count). The van der Waals surface area contributed by atoms with Crippen LogP contribution in [-0.4, -0.2) is 80.4 Å². The molecule has 0 radical (unpaired) electrons. The topological polar surface area (TPSA) is 123 Å². The first-order valence-electron chi connectivity index (χ1n) is 10.5. The minimum Gasteiger partial charge on any atom is -0.444 e. The number of hydrogen-bond donors (Lipinski definition) is 2. The minimum absolute atomic E-state index is 0.0270. The maximum atomic E-state index is 12.2. The van der Waals surface area contributed by atoms with Crippen molar-refractivity contribution in [2.75, 3.05) is 46.1 Å². The molecule has 0 bridgehead atoms. The fraction of sp³-hybridized carbons (Fsp3) is 0.545. The molecule has 0 aromatic heterocycles. The molecule has 0 spiro atoms. The third-order valence-corrected chi connectivity index (χ3v) is 4.30. The van der Waals surface area contributed by atoms with E-state index in [4.69, 9.17) is 14.2 Å². The number of fused-ring (bicyclic) bond motifs is 1. The lowest BCUT2D eigenvalue weighted by atomic mass is 10.1. The molecule has 0 unspecified atom stereocenters. The van der Waals surface area contributed by atoms with Crippen molar-refractivity contribution in [1.29, 1.82) is 0 Å².